The van der Waals surface area contributed by atoms with Gasteiger partial charge in [-0.25, -0.2) is 0 Å². The van der Waals surface area contributed by atoms with Gasteiger partial charge < -0.3 is 14.8 Å². The predicted octanol–water partition coefficient (Wildman–Crippen LogP) is 2.42. The van der Waals surface area contributed by atoms with E-state index in [0.717, 1.165) is 30.4 Å². The van der Waals surface area contributed by atoms with Crippen LogP contribution in [0.1, 0.15) is 6.42 Å². The first kappa shape index (κ1) is 13.6. The highest BCUT2D eigenvalue weighted by Gasteiger charge is 2.25. The molecule has 2 atom stereocenters. The Bertz CT molecular complexity index is 355. The molecule has 1 aliphatic heterocycles. The fourth-order valence-electron chi connectivity index (χ4n) is 2.20. The number of nitrogens with one attached hydrogen (secondary N) is 1. The third-order valence-electron chi connectivity index (χ3n) is 3.39. The van der Waals surface area contributed by atoms with Crippen molar-refractivity contribution in [3.63, 3.8) is 0 Å². The third-order valence-corrected chi connectivity index (χ3v) is 4.64. The Kier molecular flexibility index (Phi) is 5.20. The van der Waals surface area contributed by atoms with Crippen LogP contribution in [0.3, 0.4) is 0 Å². The molecule has 0 aromatic heterocycles. The summed E-state index contributed by atoms with van der Waals surface area (Å²) in [5.74, 6) is 4.99. The predicted molar refractivity (Wildman–Crippen MR) is 76.8 cm³/mol. The molecule has 0 aliphatic carbocycles. The largest absolute Gasteiger partial charge is 0.497 e. The minimum Gasteiger partial charge on any atom is -0.497 e. The molecule has 0 amide bonds. The van der Waals surface area contributed by atoms with E-state index < -0.39 is 0 Å². The molecule has 2 rings (SSSR count). The lowest BCUT2D eigenvalue weighted by Gasteiger charge is -2.18. The summed E-state index contributed by atoms with van der Waals surface area (Å²) in [6.07, 6.45) is 1.12. The Morgan fingerprint density at radius 3 is 2.61 bits per heavy atom. The van der Waals surface area contributed by atoms with Gasteiger partial charge in [-0.2, -0.15) is 11.8 Å². The van der Waals surface area contributed by atoms with Gasteiger partial charge in [-0.3, -0.25) is 0 Å². The molecule has 0 saturated carbocycles. The zero-order chi connectivity index (χ0) is 12.8. The second kappa shape index (κ2) is 6.90. The highest BCUT2D eigenvalue weighted by Crippen LogP contribution is 2.27. The summed E-state index contributed by atoms with van der Waals surface area (Å²) in [6, 6.07) is 8.42. The van der Waals surface area contributed by atoms with Gasteiger partial charge in [-0.1, -0.05) is 0 Å². The monoisotopic (exact) mass is 267 g/mol. The van der Waals surface area contributed by atoms with Crippen molar-refractivity contribution in [2.24, 2.45) is 5.92 Å². The van der Waals surface area contributed by atoms with Crippen LogP contribution in [0, 0.1) is 5.92 Å². The maximum atomic E-state index is 5.77. The summed E-state index contributed by atoms with van der Waals surface area (Å²) >= 11 is 2.03. The third kappa shape index (κ3) is 3.56. The maximum Gasteiger partial charge on any atom is 0.119 e. The quantitative estimate of drug-likeness (QED) is 0.857. The topological polar surface area (TPSA) is 30.5 Å². The van der Waals surface area contributed by atoms with Gasteiger partial charge in [0.25, 0.3) is 0 Å². The number of rotatable bonds is 6. The van der Waals surface area contributed by atoms with Crippen molar-refractivity contribution in [1.82, 2.24) is 5.32 Å². The van der Waals surface area contributed by atoms with Gasteiger partial charge in [0.2, 0.25) is 0 Å². The van der Waals surface area contributed by atoms with Crippen molar-refractivity contribution in [2.75, 3.05) is 32.3 Å². The number of thioether (sulfide) groups is 1. The second-order valence-corrected chi connectivity index (χ2v) is 5.58. The van der Waals surface area contributed by atoms with Gasteiger partial charge in [-0.15, -0.1) is 0 Å². The van der Waals surface area contributed by atoms with Gasteiger partial charge in [0.15, 0.2) is 0 Å². The number of hydrogen-bond acceptors (Lipinski definition) is 4. The molecule has 1 fully saturated rings. The molecule has 0 radical (unpaired) electrons. The van der Waals surface area contributed by atoms with E-state index in [1.165, 1.54) is 11.5 Å². The van der Waals surface area contributed by atoms with Crippen LogP contribution < -0.4 is 14.8 Å². The summed E-state index contributed by atoms with van der Waals surface area (Å²) in [6.45, 7) is 0.787. The molecule has 1 saturated heterocycles. The Morgan fingerprint density at radius 2 is 1.94 bits per heavy atom. The molecule has 100 valence electrons. The molecule has 0 bridgehead atoms. The van der Waals surface area contributed by atoms with E-state index >= 15 is 0 Å². The number of hydrogen-bond donors (Lipinski definition) is 1. The molecule has 1 aromatic carbocycles. The molecule has 1 N–H and O–H groups in total. The van der Waals surface area contributed by atoms with Crippen LogP contribution in [0.25, 0.3) is 0 Å². The highest BCUT2D eigenvalue weighted by atomic mass is 32.2. The molecule has 1 aliphatic rings. The van der Waals surface area contributed by atoms with E-state index in [4.69, 9.17) is 9.47 Å². The Morgan fingerprint density at radius 1 is 1.22 bits per heavy atom. The standard InChI is InChI=1S/C14H21NO2S/c1-15-14-10-18-9-11(14)7-8-17-13-5-3-12(16-2)4-6-13/h3-6,11,14-15H,7-10H2,1-2H3. The van der Waals surface area contributed by atoms with Crippen molar-refractivity contribution < 1.29 is 9.47 Å². The Hall–Kier alpha value is -0.870. The molecule has 1 aromatic rings. The van der Waals surface area contributed by atoms with E-state index in [0.29, 0.717) is 6.04 Å². The van der Waals surface area contributed by atoms with Crippen molar-refractivity contribution >= 4 is 11.8 Å². The van der Waals surface area contributed by atoms with E-state index in [1.807, 2.05) is 43.1 Å². The summed E-state index contributed by atoms with van der Waals surface area (Å²) in [4.78, 5) is 0. The van der Waals surface area contributed by atoms with E-state index in [2.05, 4.69) is 5.32 Å². The first-order valence-corrected chi connectivity index (χ1v) is 7.51. The molecule has 18 heavy (non-hydrogen) atoms. The van der Waals surface area contributed by atoms with Gasteiger partial charge in [-0.05, 0) is 49.4 Å². The molecule has 0 spiro atoms. The van der Waals surface area contributed by atoms with Gasteiger partial charge >= 0.3 is 0 Å². The number of benzene rings is 1. The van der Waals surface area contributed by atoms with Crippen LogP contribution in [0.4, 0.5) is 0 Å². The fourth-order valence-corrected chi connectivity index (χ4v) is 3.73. The van der Waals surface area contributed by atoms with Gasteiger partial charge in [0, 0.05) is 11.8 Å². The second-order valence-electron chi connectivity index (χ2n) is 4.51. The van der Waals surface area contributed by atoms with E-state index in [1.54, 1.807) is 7.11 Å². The molecule has 2 unspecified atom stereocenters. The van der Waals surface area contributed by atoms with E-state index in [-0.39, 0.29) is 0 Å². The maximum absolute atomic E-state index is 5.77. The van der Waals surface area contributed by atoms with Crippen molar-refractivity contribution in [2.45, 2.75) is 12.5 Å². The van der Waals surface area contributed by atoms with Crippen molar-refractivity contribution in [3.8, 4) is 11.5 Å². The van der Waals surface area contributed by atoms with Crippen LogP contribution in [0.5, 0.6) is 11.5 Å². The minimum atomic E-state index is 0.648. The van der Waals surface area contributed by atoms with Crippen molar-refractivity contribution in [3.05, 3.63) is 24.3 Å². The molecule has 3 nitrogen and oxygen atoms in total. The zero-order valence-corrected chi connectivity index (χ0v) is 11.8. The average molecular weight is 267 g/mol. The zero-order valence-electron chi connectivity index (χ0n) is 11.0. The van der Waals surface area contributed by atoms with Crippen molar-refractivity contribution in [1.29, 1.82) is 0 Å². The summed E-state index contributed by atoms with van der Waals surface area (Å²) in [5.41, 5.74) is 0. The summed E-state index contributed by atoms with van der Waals surface area (Å²) in [7, 11) is 3.72. The summed E-state index contributed by atoms with van der Waals surface area (Å²) < 4.78 is 10.9. The lowest BCUT2D eigenvalue weighted by Crippen LogP contribution is -2.33. The normalized spacial score (nSPS) is 23.0. The fraction of sp³-hybridized carbons (Fsp3) is 0.571. The van der Waals surface area contributed by atoms with Gasteiger partial charge in [0.1, 0.15) is 11.5 Å². The molecular formula is C14H21NO2S. The lowest BCUT2D eigenvalue weighted by atomic mass is 10.0. The van der Waals surface area contributed by atoms with Crippen LogP contribution in [0.15, 0.2) is 24.3 Å². The average Bonchev–Trinajstić information content (AvgIpc) is 2.87. The smallest absolute Gasteiger partial charge is 0.119 e. The minimum absolute atomic E-state index is 0.648. The van der Waals surface area contributed by atoms with Crippen LogP contribution in [-0.4, -0.2) is 38.3 Å². The number of ether oxygens (including phenoxy) is 2. The van der Waals surface area contributed by atoms with E-state index in [9.17, 15) is 0 Å². The SMILES string of the molecule is CNC1CSCC1CCOc1ccc(OC)cc1. The number of methoxy groups -OCH3 is 1. The first-order valence-electron chi connectivity index (χ1n) is 6.35. The van der Waals surface area contributed by atoms with Crippen LogP contribution >= 0.6 is 11.8 Å². The Balaban J connectivity index is 1.74. The van der Waals surface area contributed by atoms with Crippen LogP contribution in [-0.2, 0) is 0 Å². The highest BCUT2D eigenvalue weighted by molar-refractivity contribution is 7.99. The van der Waals surface area contributed by atoms with Crippen LogP contribution in [0.2, 0.25) is 0 Å². The van der Waals surface area contributed by atoms with Gasteiger partial charge in [0.05, 0.1) is 13.7 Å². The lowest BCUT2D eigenvalue weighted by molar-refractivity contribution is 0.271. The molecular weight excluding hydrogens is 246 g/mol. The summed E-state index contributed by atoms with van der Waals surface area (Å²) in [5, 5.41) is 3.38. The molecule has 4 heteroatoms. The Labute approximate surface area is 113 Å². The molecule has 1 heterocycles. The first-order chi connectivity index (χ1) is 8.83.